The van der Waals surface area contributed by atoms with Crippen molar-refractivity contribution in [1.82, 2.24) is 9.29 Å². The third-order valence-corrected chi connectivity index (χ3v) is 5.90. The molecule has 6 nitrogen and oxygen atoms in total. The van der Waals surface area contributed by atoms with Crippen molar-refractivity contribution in [3.05, 3.63) is 39.8 Å². The highest BCUT2D eigenvalue weighted by Crippen LogP contribution is 2.22. The SMILES string of the molecule is Cc1nc(CC(=O)Nc2cc(S(=O)(=O)N(C)C)ccc2C)cs1. The van der Waals surface area contributed by atoms with E-state index in [2.05, 4.69) is 10.3 Å². The summed E-state index contributed by atoms with van der Waals surface area (Å²) in [6.45, 7) is 3.69. The largest absolute Gasteiger partial charge is 0.325 e. The van der Waals surface area contributed by atoms with Gasteiger partial charge in [-0.3, -0.25) is 4.79 Å². The lowest BCUT2D eigenvalue weighted by Crippen LogP contribution is -2.22. The Morgan fingerprint density at radius 1 is 1.30 bits per heavy atom. The number of anilines is 1. The number of sulfonamides is 1. The Hall–Kier alpha value is -1.77. The van der Waals surface area contributed by atoms with E-state index in [1.165, 1.54) is 37.6 Å². The second-order valence-electron chi connectivity index (χ2n) is 5.35. The highest BCUT2D eigenvalue weighted by Gasteiger charge is 2.18. The first-order valence-electron chi connectivity index (χ1n) is 6.94. The van der Waals surface area contributed by atoms with Crippen molar-refractivity contribution in [1.29, 1.82) is 0 Å². The Morgan fingerprint density at radius 3 is 2.57 bits per heavy atom. The number of hydrogen-bond acceptors (Lipinski definition) is 5. The van der Waals surface area contributed by atoms with Gasteiger partial charge in [0.15, 0.2) is 0 Å². The summed E-state index contributed by atoms with van der Waals surface area (Å²) in [4.78, 5) is 16.5. The van der Waals surface area contributed by atoms with Crippen molar-refractivity contribution >= 4 is 33.0 Å². The van der Waals surface area contributed by atoms with Gasteiger partial charge in [0, 0.05) is 25.2 Å². The first-order chi connectivity index (χ1) is 10.7. The average Bonchev–Trinajstić information content (AvgIpc) is 2.86. The standard InChI is InChI=1S/C15H19N3O3S2/c1-10-5-6-13(23(20,21)18(3)4)8-14(10)17-15(19)7-12-9-22-11(2)16-12/h5-6,8-9H,7H2,1-4H3,(H,17,19). The summed E-state index contributed by atoms with van der Waals surface area (Å²) < 4.78 is 25.5. The maximum absolute atomic E-state index is 12.2. The number of nitrogens with one attached hydrogen (secondary N) is 1. The molecule has 2 aromatic rings. The number of aryl methyl sites for hydroxylation is 2. The first-order valence-corrected chi connectivity index (χ1v) is 9.26. The van der Waals surface area contributed by atoms with Gasteiger partial charge in [0.1, 0.15) is 0 Å². The molecule has 0 aliphatic carbocycles. The predicted octanol–water partition coefficient (Wildman–Crippen LogP) is 2.19. The molecule has 0 bridgehead atoms. The average molecular weight is 353 g/mol. The van der Waals surface area contributed by atoms with Gasteiger partial charge in [0.25, 0.3) is 0 Å². The maximum atomic E-state index is 12.2. The van der Waals surface area contributed by atoms with Crippen LogP contribution in [0.5, 0.6) is 0 Å². The number of amides is 1. The predicted molar refractivity (Wildman–Crippen MR) is 91.2 cm³/mol. The normalized spacial score (nSPS) is 11.7. The van der Waals surface area contributed by atoms with Crippen molar-refractivity contribution in [3.8, 4) is 0 Å². The van der Waals surface area contributed by atoms with Crippen molar-refractivity contribution in [2.75, 3.05) is 19.4 Å². The van der Waals surface area contributed by atoms with Gasteiger partial charge in [-0.2, -0.15) is 0 Å². The molecule has 1 aromatic heterocycles. The number of rotatable bonds is 5. The number of benzene rings is 1. The Morgan fingerprint density at radius 2 is 2.00 bits per heavy atom. The van der Waals surface area contributed by atoms with E-state index in [0.29, 0.717) is 11.4 Å². The number of hydrogen-bond donors (Lipinski definition) is 1. The zero-order valence-corrected chi connectivity index (χ0v) is 15.1. The van der Waals surface area contributed by atoms with Gasteiger partial charge in [-0.15, -0.1) is 11.3 Å². The molecule has 124 valence electrons. The van der Waals surface area contributed by atoms with Crippen LogP contribution in [-0.4, -0.2) is 37.7 Å². The minimum absolute atomic E-state index is 0.146. The van der Waals surface area contributed by atoms with E-state index in [1.54, 1.807) is 6.07 Å². The molecule has 0 radical (unpaired) electrons. The third kappa shape index (κ3) is 4.15. The Balaban J connectivity index is 2.21. The van der Waals surface area contributed by atoms with E-state index >= 15 is 0 Å². The highest BCUT2D eigenvalue weighted by molar-refractivity contribution is 7.89. The van der Waals surface area contributed by atoms with E-state index < -0.39 is 10.0 Å². The van der Waals surface area contributed by atoms with E-state index in [1.807, 2.05) is 19.2 Å². The van der Waals surface area contributed by atoms with E-state index in [9.17, 15) is 13.2 Å². The van der Waals surface area contributed by atoms with Crippen LogP contribution in [-0.2, 0) is 21.2 Å². The van der Waals surface area contributed by atoms with Crippen molar-refractivity contribution < 1.29 is 13.2 Å². The van der Waals surface area contributed by atoms with E-state index in [4.69, 9.17) is 0 Å². The number of carbonyl (C=O) groups excluding carboxylic acids is 1. The molecule has 0 saturated carbocycles. The van der Waals surface area contributed by atoms with Gasteiger partial charge in [-0.25, -0.2) is 17.7 Å². The van der Waals surface area contributed by atoms with Crippen molar-refractivity contribution in [2.24, 2.45) is 0 Å². The molecular formula is C15H19N3O3S2. The first kappa shape index (κ1) is 17.6. The Kier molecular flexibility index (Phi) is 5.18. The third-order valence-electron chi connectivity index (χ3n) is 3.27. The quantitative estimate of drug-likeness (QED) is 0.894. The number of carbonyl (C=O) groups is 1. The molecule has 1 heterocycles. The maximum Gasteiger partial charge on any atom is 0.242 e. The van der Waals surface area contributed by atoms with E-state index in [-0.39, 0.29) is 17.2 Å². The van der Waals surface area contributed by atoms with Crippen LogP contribution >= 0.6 is 11.3 Å². The topological polar surface area (TPSA) is 79.4 Å². The lowest BCUT2D eigenvalue weighted by Gasteiger charge is -2.14. The molecule has 1 aromatic carbocycles. The van der Waals surface area contributed by atoms with E-state index in [0.717, 1.165) is 14.9 Å². The van der Waals surface area contributed by atoms with Crippen LogP contribution in [0.2, 0.25) is 0 Å². The van der Waals surface area contributed by atoms with Crippen LogP contribution in [0.25, 0.3) is 0 Å². The summed E-state index contributed by atoms with van der Waals surface area (Å²) in [6, 6.07) is 4.69. The molecule has 1 amide bonds. The molecule has 0 unspecified atom stereocenters. The fraction of sp³-hybridized carbons (Fsp3) is 0.333. The lowest BCUT2D eigenvalue weighted by molar-refractivity contribution is -0.115. The summed E-state index contributed by atoms with van der Waals surface area (Å²) in [5, 5.41) is 5.51. The molecule has 0 saturated heterocycles. The van der Waals surface area contributed by atoms with Gasteiger partial charge in [0.05, 0.1) is 22.0 Å². The van der Waals surface area contributed by atoms with Gasteiger partial charge in [-0.05, 0) is 31.5 Å². The van der Waals surface area contributed by atoms with Crippen LogP contribution < -0.4 is 5.32 Å². The van der Waals surface area contributed by atoms with Crippen molar-refractivity contribution in [3.63, 3.8) is 0 Å². The number of aromatic nitrogens is 1. The summed E-state index contributed by atoms with van der Waals surface area (Å²) in [7, 11) is -0.596. The minimum atomic E-state index is -3.54. The summed E-state index contributed by atoms with van der Waals surface area (Å²) in [5.74, 6) is -0.224. The highest BCUT2D eigenvalue weighted by atomic mass is 32.2. The Bertz CT molecular complexity index is 826. The van der Waals surface area contributed by atoms with Gasteiger partial charge >= 0.3 is 0 Å². The molecule has 0 aliphatic heterocycles. The number of thiazole rings is 1. The van der Waals surface area contributed by atoms with Gasteiger partial charge < -0.3 is 5.32 Å². The molecule has 1 N–H and O–H groups in total. The second-order valence-corrected chi connectivity index (χ2v) is 8.56. The fourth-order valence-corrected chi connectivity index (χ4v) is 3.50. The summed E-state index contributed by atoms with van der Waals surface area (Å²) in [5.41, 5.74) is 2.00. The molecule has 0 atom stereocenters. The Labute approximate surface area is 140 Å². The van der Waals surface area contributed by atoms with Gasteiger partial charge in [0.2, 0.25) is 15.9 Å². The molecule has 23 heavy (non-hydrogen) atoms. The fourth-order valence-electron chi connectivity index (χ4n) is 1.96. The van der Waals surface area contributed by atoms with Crippen LogP contribution in [0, 0.1) is 13.8 Å². The monoisotopic (exact) mass is 353 g/mol. The van der Waals surface area contributed by atoms with Crippen LogP contribution in [0.4, 0.5) is 5.69 Å². The summed E-state index contributed by atoms with van der Waals surface area (Å²) in [6.07, 6.45) is 0.161. The van der Waals surface area contributed by atoms with Gasteiger partial charge in [-0.1, -0.05) is 6.07 Å². The minimum Gasteiger partial charge on any atom is -0.325 e. The smallest absolute Gasteiger partial charge is 0.242 e. The van der Waals surface area contributed by atoms with Crippen molar-refractivity contribution in [2.45, 2.75) is 25.2 Å². The molecule has 0 spiro atoms. The molecule has 0 fully saturated rings. The molecule has 0 aliphatic rings. The summed E-state index contributed by atoms with van der Waals surface area (Å²) >= 11 is 1.49. The van der Waals surface area contributed by atoms with Crippen LogP contribution in [0.1, 0.15) is 16.3 Å². The second kappa shape index (κ2) is 6.77. The molecule has 2 rings (SSSR count). The van der Waals surface area contributed by atoms with Crippen LogP contribution in [0.15, 0.2) is 28.5 Å². The molecular weight excluding hydrogens is 334 g/mol. The lowest BCUT2D eigenvalue weighted by atomic mass is 10.2. The number of nitrogens with zero attached hydrogens (tertiary/aromatic N) is 2. The zero-order valence-electron chi connectivity index (χ0n) is 13.5. The molecule has 8 heteroatoms. The van der Waals surface area contributed by atoms with Crippen LogP contribution in [0.3, 0.4) is 0 Å². The zero-order chi connectivity index (χ0) is 17.2.